The Morgan fingerprint density at radius 2 is 2.03 bits per heavy atom. The molecule has 2 N–H and O–H groups in total. The molecule has 3 aliphatic heterocycles. The van der Waals surface area contributed by atoms with Crippen LogP contribution in [0.5, 0.6) is 11.5 Å². The summed E-state index contributed by atoms with van der Waals surface area (Å²) in [5, 5.41) is 20.3. The Kier molecular flexibility index (Phi) is 4.99. The van der Waals surface area contributed by atoms with Crippen molar-refractivity contribution in [3.63, 3.8) is 0 Å². The third-order valence-electron chi connectivity index (χ3n) is 6.35. The predicted octanol–water partition coefficient (Wildman–Crippen LogP) is 3.21. The molecule has 162 valence electrons. The molecule has 0 saturated carbocycles. The van der Waals surface area contributed by atoms with Crippen molar-refractivity contribution in [2.75, 3.05) is 26.2 Å². The molecular weight excluding hydrogens is 394 g/mol. The van der Waals surface area contributed by atoms with E-state index >= 15 is 0 Å². The minimum Gasteiger partial charge on any atom is -0.489 e. The van der Waals surface area contributed by atoms with Gasteiger partial charge in [-0.05, 0) is 35.8 Å². The van der Waals surface area contributed by atoms with Crippen molar-refractivity contribution in [3.05, 3.63) is 64.2 Å². The van der Waals surface area contributed by atoms with Crippen LogP contribution in [0.15, 0.2) is 42.0 Å². The largest absolute Gasteiger partial charge is 0.489 e. The summed E-state index contributed by atoms with van der Waals surface area (Å²) in [5.41, 5.74) is 5.00. The van der Waals surface area contributed by atoms with Gasteiger partial charge in [-0.1, -0.05) is 37.6 Å². The highest BCUT2D eigenvalue weighted by Gasteiger charge is 2.40. The molecule has 1 unspecified atom stereocenters. The predicted molar refractivity (Wildman–Crippen MR) is 116 cm³/mol. The van der Waals surface area contributed by atoms with Gasteiger partial charge in [-0.25, -0.2) is 0 Å². The Morgan fingerprint density at radius 1 is 1.19 bits per heavy atom. The Morgan fingerprint density at radius 3 is 2.81 bits per heavy atom. The van der Waals surface area contributed by atoms with Crippen LogP contribution < -0.4 is 9.47 Å². The molecule has 1 atom stereocenters. The van der Waals surface area contributed by atoms with Crippen LogP contribution in [0.1, 0.15) is 35.6 Å². The van der Waals surface area contributed by atoms with Crippen LogP contribution in [0.4, 0.5) is 0 Å². The Labute approximate surface area is 181 Å². The molecule has 1 saturated heterocycles. The van der Waals surface area contributed by atoms with E-state index in [1.54, 1.807) is 0 Å². The number of hydrogen-bond acceptors (Lipinski definition) is 5. The molecule has 0 aliphatic carbocycles. The van der Waals surface area contributed by atoms with E-state index in [-0.39, 0.29) is 5.92 Å². The van der Waals surface area contributed by atoms with Crippen molar-refractivity contribution in [1.82, 2.24) is 4.90 Å². The van der Waals surface area contributed by atoms with Crippen molar-refractivity contribution < 1.29 is 24.5 Å². The number of aliphatic hydroxyl groups is 1. The molecule has 0 radical (unpaired) electrons. The van der Waals surface area contributed by atoms with Gasteiger partial charge >= 0.3 is 5.97 Å². The molecule has 0 spiro atoms. The topological polar surface area (TPSA) is 79.2 Å². The van der Waals surface area contributed by atoms with Crippen molar-refractivity contribution in [2.45, 2.75) is 32.0 Å². The van der Waals surface area contributed by atoms with Crippen LogP contribution >= 0.6 is 0 Å². The first-order chi connectivity index (χ1) is 14.9. The zero-order valence-electron chi connectivity index (χ0n) is 17.6. The molecular formula is C25H27NO5. The molecule has 0 bridgehead atoms. The molecule has 2 aromatic rings. The van der Waals surface area contributed by atoms with Gasteiger partial charge in [-0.3, -0.25) is 9.69 Å². The van der Waals surface area contributed by atoms with Gasteiger partial charge in [0.1, 0.15) is 18.1 Å². The maximum atomic E-state index is 11.2. The first-order valence-electron chi connectivity index (χ1n) is 10.9. The lowest BCUT2D eigenvalue weighted by molar-refractivity contribution is -0.147. The summed E-state index contributed by atoms with van der Waals surface area (Å²) in [6.45, 7) is 4.50. The van der Waals surface area contributed by atoms with Crippen LogP contribution in [0.3, 0.4) is 0 Å². The molecule has 3 aliphatic rings. The first kappa shape index (κ1) is 20.1. The van der Waals surface area contributed by atoms with Crippen LogP contribution in [-0.4, -0.2) is 47.3 Å². The van der Waals surface area contributed by atoms with E-state index < -0.39 is 11.8 Å². The number of ether oxygens (including phenoxy) is 2. The van der Waals surface area contributed by atoms with Gasteiger partial charge in [0.25, 0.3) is 0 Å². The second kappa shape index (κ2) is 7.70. The van der Waals surface area contributed by atoms with E-state index in [2.05, 4.69) is 24.0 Å². The minimum atomic E-state index is -1.39. The maximum absolute atomic E-state index is 11.2. The Balaban J connectivity index is 1.30. The van der Waals surface area contributed by atoms with E-state index in [0.29, 0.717) is 38.2 Å². The van der Waals surface area contributed by atoms with Gasteiger partial charge in [-0.2, -0.15) is 0 Å². The second-order valence-electron chi connectivity index (χ2n) is 8.83. The Hall–Kier alpha value is -2.83. The summed E-state index contributed by atoms with van der Waals surface area (Å²) in [7, 11) is 0. The van der Waals surface area contributed by atoms with Crippen molar-refractivity contribution in [3.8, 4) is 11.5 Å². The van der Waals surface area contributed by atoms with Crippen LogP contribution in [0, 0.1) is 5.92 Å². The van der Waals surface area contributed by atoms with E-state index in [4.69, 9.17) is 14.6 Å². The number of fused-ring (bicyclic) bond motifs is 2. The molecule has 3 heterocycles. The number of likely N-dealkylation sites (tertiary alicyclic amines) is 1. The maximum Gasteiger partial charge on any atom is 0.309 e. The number of nitrogens with zero attached hydrogens (tertiary/aromatic N) is 1. The number of rotatable bonds is 6. The van der Waals surface area contributed by atoms with Gasteiger partial charge < -0.3 is 19.7 Å². The van der Waals surface area contributed by atoms with E-state index in [0.717, 1.165) is 41.0 Å². The minimum absolute atomic E-state index is 0.255. The van der Waals surface area contributed by atoms with Crippen LogP contribution in [0.25, 0.3) is 6.08 Å². The summed E-state index contributed by atoms with van der Waals surface area (Å²) in [4.78, 5) is 13.1. The quantitative estimate of drug-likeness (QED) is 0.746. The molecule has 0 amide bonds. The van der Waals surface area contributed by atoms with Crippen molar-refractivity contribution >= 4 is 12.0 Å². The first-order valence-corrected chi connectivity index (χ1v) is 10.9. The molecule has 5 rings (SSSR count). The standard InChI is InChI=1S/C25H27NO5/c1-2-3-16-4-5-19-11-25(29,31-23(19)9-16)21-7-6-18-8-17(15-30-22(18)10-21)12-26-13-20(14-26)24(27)28/h4-10,20,29H,2-3,11-15H2,1H3,(H,27,28). The zero-order valence-corrected chi connectivity index (χ0v) is 17.6. The van der Waals surface area contributed by atoms with E-state index in [1.807, 2.05) is 30.3 Å². The summed E-state index contributed by atoms with van der Waals surface area (Å²) in [5.74, 6) is -0.886. The van der Waals surface area contributed by atoms with E-state index in [1.165, 1.54) is 5.56 Å². The highest BCUT2D eigenvalue weighted by Crippen LogP contribution is 2.42. The summed E-state index contributed by atoms with van der Waals surface area (Å²) in [6, 6.07) is 11.9. The third-order valence-corrected chi connectivity index (χ3v) is 6.35. The van der Waals surface area contributed by atoms with Crippen molar-refractivity contribution in [2.24, 2.45) is 5.92 Å². The second-order valence-corrected chi connectivity index (χ2v) is 8.83. The lowest BCUT2D eigenvalue weighted by Gasteiger charge is -2.37. The monoisotopic (exact) mass is 421 g/mol. The molecule has 6 heteroatoms. The number of benzene rings is 2. The van der Waals surface area contributed by atoms with Gasteiger partial charge in [0.05, 0.1) is 5.92 Å². The van der Waals surface area contributed by atoms with Crippen molar-refractivity contribution in [1.29, 1.82) is 0 Å². The SMILES string of the molecule is CCCc1ccc2c(c1)OC(O)(c1ccc3c(c1)OCC(CN1CC(C(=O)O)C1)=C3)C2. The molecule has 2 aromatic carbocycles. The third kappa shape index (κ3) is 3.82. The number of aryl methyl sites for hydroxylation is 1. The van der Waals surface area contributed by atoms with Crippen LogP contribution in [0.2, 0.25) is 0 Å². The number of carboxylic acids is 1. The fourth-order valence-corrected chi connectivity index (χ4v) is 4.61. The number of hydrogen-bond donors (Lipinski definition) is 2. The van der Waals surface area contributed by atoms with Gasteiger partial charge in [-0.15, -0.1) is 0 Å². The zero-order chi connectivity index (χ0) is 21.6. The fraction of sp³-hybridized carbons (Fsp3) is 0.400. The van der Waals surface area contributed by atoms with Gasteiger partial charge in [0.15, 0.2) is 0 Å². The number of carboxylic acid groups (broad SMARTS) is 1. The molecule has 1 fully saturated rings. The molecule has 6 nitrogen and oxygen atoms in total. The molecule has 0 aromatic heterocycles. The normalized spacial score (nSPS) is 22.6. The lowest BCUT2D eigenvalue weighted by Crippen LogP contribution is -2.51. The average molecular weight is 421 g/mol. The van der Waals surface area contributed by atoms with Gasteiger partial charge in [0, 0.05) is 42.7 Å². The summed E-state index contributed by atoms with van der Waals surface area (Å²) < 4.78 is 12.0. The van der Waals surface area contributed by atoms with Gasteiger partial charge in [0.2, 0.25) is 5.79 Å². The number of aliphatic carboxylic acids is 1. The lowest BCUT2D eigenvalue weighted by atomic mass is 9.96. The average Bonchev–Trinajstić information content (AvgIpc) is 3.06. The Bertz CT molecular complexity index is 1060. The smallest absolute Gasteiger partial charge is 0.309 e. The fourth-order valence-electron chi connectivity index (χ4n) is 4.61. The van der Waals surface area contributed by atoms with Crippen LogP contribution in [-0.2, 0) is 23.4 Å². The number of carbonyl (C=O) groups is 1. The summed E-state index contributed by atoms with van der Waals surface area (Å²) in [6.07, 6.45) is 4.57. The summed E-state index contributed by atoms with van der Waals surface area (Å²) >= 11 is 0. The highest BCUT2D eigenvalue weighted by molar-refractivity contribution is 5.71. The molecule has 31 heavy (non-hydrogen) atoms. The highest BCUT2D eigenvalue weighted by atomic mass is 16.6. The van der Waals surface area contributed by atoms with E-state index in [9.17, 15) is 9.90 Å².